The van der Waals surface area contributed by atoms with Crippen molar-refractivity contribution in [3.8, 4) is 5.75 Å². The van der Waals surface area contributed by atoms with Crippen molar-refractivity contribution in [1.82, 2.24) is 9.97 Å². The van der Waals surface area contributed by atoms with Crippen molar-refractivity contribution in [3.05, 3.63) is 76.2 Å². The van der Waals surface area contributed by atoms with Crippen LogP contribution in [0.5, 0.6) is 5.75 Å². The van der Waals surface area contributed by atoms with Crippen molar-refractivity contribution >= 4 is 29.0 Å². The van der Waals surface area contributed by atoms with E-state index in [1.54, 1.807) is 32.2 Å². The van der Waals surface area contributed by atoms with Crippen molar-refractivity contribution in [3.63, 3.8) is 0 Å². The molecule has 3 rings (SSSR count). The molecule has 1 heterocycles. The number of carbonyl (C=O) groups is 1. The highest BCUT2D eigenvalue weighted by molar-refractivity contribution is 6.31. The molecular weight excluding hydrogens is 376 g/mol. The number of ether oxygens (including phenoxy) is 1. The van der Waals surface area contributed by atoms with E-state index in [9.17, 15) is 4.79 Å². The fourth-order valence-corrected chi connectivity index (χ4v) is 2.80. The molecule has 1 amide bonds. The number of anilines is 2. The highest BCUT2D eigenvalue weighted by Crippen LogP contribution is 2.21. The molecule has 0 atom stereocenters. The van der Waals surface area contributed by atoms with Gasteiger partial charge in [-0.15, -0.1) is 0 Å². The van der Waals surface area contributed by atoms with Crippen molar-refractivity contribution in [1.29, 1.82) is 0 Å². The van der Waals surface area contributed by atoms with Crippen LogP contribution in [0.2, 0.25) is 5.02 Å². The number of nitrogens with zero attached hydrogens (tertiary/aromatic N) is 2. The van der Waals surface area contributed by atoms with Crippen molar-refractivity contribution in [2.45, 2.75) is 20.4 Å². The topological polar surface area (TPSA) is 76.1 Å². The van der Waals surface area contributed by atoms with E-state index in [2.05, 4.69) is 20.6 Å². The molecule has 0 aliphatic heterocycles. The summed E-state index contributed by atoms with van der Waals surface area (Å²) in [6.07, 6.45) is 0. The zero-order valence-corrected chi connectivity index (χ0v) is 16.7. The molecule has 0 aliphatic rings. The third-order valence-corrected chi connectivity index (χ3v) is 4.39. The second-order valence-electron chi connectivity index (χ2n) is 6.30. The molecule has 0 fully saturated rings. The summed E-state index contributed by atoms with van der Waals surface area (Å²) in [5.74, 6) is 1.57. The third kappa shape index (κ3) is 4.98. The quantitative estimate of drug-likeness (QED) is 0.635. The minimum Gasteiger partial charge on any atom is -0.497 e. The normalized spacial score (nSPS) is 10.4. The second-order valence-corrected chi connectivity index (χ2v) is 6.74. The summed E-state index contributed by atoms with van der Waals surface area (Å²) in [6, 6.07) is 14.7. The van der Waals surface area contributed by atoms with Crippen LogP contribution in [0.25, 0.3) is 0 Å². The summed E-state index contributed by atoms with van der Waals surface area (Å²) in [5.41, 5.74) is 2.92. The Morgan fingerprint density at radius 1 is 1.07 bits per heavy atom. The van der Waals surface area contributed by atoms with Crippen LogP contribution in [0.3, 0.4) is 0 Å². The molecule has 0 aliphatic carbocycles. The summed E-state index contributed by atoms with van der Waals surface area (Å²) in [5, 5.41) is 6.64. The number of carbonyl (C=O) groups excluding carboxylic acids is 1. The van der Waals surface area contributed by atoms with Crippen LogP contribution < -0.4 is 15.4 Å². The first-order chi connectivity index (χ1) is 13.4. The van der Waals surface area contributed by atoms with Gasteiger partial charge in [-0.25, -0.2) is 9.97 Å². The number of benzene rings is 2. The zero-order valence-electron chi connectivity index (χ0n) is 15.9. The number of amides is 1. The molecule has 0 unspecified atom stereocenters. The van der Waals surface area contributed by atoms with Gasteiger partial charge in [-0.3, -0.25) is 4.79 Å². The molecule has 144 valence electrons. The average Bonchev–Trinajstić information content (AvgIpc) is 2.69. The first-order valence-corrected chi connectivity index (χ1v) is 9.12. The largest absolute Gasteiger partial charge is 0.497 e. The lowest BCUT2D eigenvalue weighted by atomic mass is 10.2. The molecule has 6 nitrogen and oxygen atoms in total. The number of aryl methyl sites for hydroxylation is 2. The van der Waals surface area contributed by atoms with E-state index in [-0.39, 0.29) is 11.6 Å². The van der Waals surface area contributed by atoms with E-state index >= 15 is 0 Å². The minimum absolute atomic E-state index is 0.282. The Hall–Kier alpha value is -3.12. The van der Waals surface area contributed by atoms with Crippen LogP contribution in [0, 0.1) is 13.8 Å². The van der Waals surface area contributed by atoms with Crippen LogP contribution >= 0.6 is 11.6 Å². The number of methoxy groups -OCH3 is 1. The molecule has 28 heavy (non-hydrogen) atoms. The number of hydrogen-bond acceptors (Lipinski definition) is 5. The van der Waals surface area contributed by atoms with Gasteiger partial charge in [0.25, 0.3) is 5.91 Å². The molecule has 2 N–H and O–H groups in total. The van der Waals surface area contributed by atoms with Crippen LogP contribution in [-0.2, 0) is 6.54 Å². The van der Waals surface area contributed by atoms with Gasteiger partial charge in [0.2, 0.25) is 0 Å². The molecule has 0 radical (unpaired) electrons. The Morgan fingerprint density at radius 2 is 1.82 bits per heavy atom. The lowest BCUT2D eigenvalue weighted by Gasteiger charge is -2.11. The fourth-order valence-electron chi connectivity index (χ4n) is 2.63. The Balaban J connectivity index is 1.72. The van der Waals surface area contributed by atoms with Gasteiger partial charge in [0.1, 0.15) is 23.1 Å². The fraction of sp³-hybridized carbons (Fsp3) is 0.190. The maximum atomic E-state index is 12.6. The lowest BCUT2D eigenvalue weighted by Crippen LogP contribution is -2.16. The van der Waals surface area contributed by atoms with Gasteiger partial charge in [-0.1, -0.05) is 29.8 Å². The van der Waals surface area contributed by atoms with Crippen LogP contribution in [0.15, 0.2) is 48.5 Å². The molecule has 3 aromatic rings. The van der Waals surface area contributed by atoms with E-state index < -0.39 is 0 Å². The predicted octanol–water partition coefficient (Wildman–Crippen LogP) is 4.62. The first-order valence-electron chi connectivity index (χ1n) is 8.74. The number of hydrogen-bond donors (Lipinski definition) is 2. The maximum absolute atomic E-state index is 12.6. The first kappa shape index (κ1) is 19.6. The monoisotopic (exact) mass is 396 g/mol. The Labute approximate surface area is 168 Å². The molecule has 0 saturated heterocycles. The predicted molar refractivity (Wildman–Crippen MR) is 111 cm³/mol. The number of rotatable bonds is 6. The average molecular weight is 397 g/mol. The molecule has 0 spiro atoms. The molecule has 2 aromatic carbocycles. The molecule has 0 bridgehead atoms. The van der Waals surface area contributed by atoms with Crippen LogP contribution in [0.1, 0.15) is 27.4 Å². The Morgan fingerprint density at radius 3 is 2.54 bits per heavy atom. The molecular formula is C21H21ClN4O2. The van der Waals surface area contributed by atoms with E-state index in [4.69, 9.17) is 16.3 Å². The van der Waals surface area contributed by atoms with Crippen molar-refractivity contribution in [2.24, 2.45) is 0 Å². The SMILES string of the molecule is COc1ccc(CNc2cc(C(=O)Nc3cc(Cl)ccc3C)nc(C)n2)cc1. The molecule has 0 saturated carbocycles. The highest BCUT2D eigenvalue weighted by atomic mass is 35.5. The Bertz CT molecular complexity index is 990. The lowest BCUT2D eigenvalue weighted by molar-refractivity contribution is 0.102. The summed E-state index contributed by atoms with van der Waals surface area (Å²) < 4.78 is 5.16. The van der Waals surface area contributed by atoms with Gasteiger partial charge in [-0.2, -0.15) is 0 Å². The van der Waals surface area contributed by atoms with Gasteiger partial charge in [-0.05, 0) is 49.2 Å². The maximum Gasteiger partial charge on any atom is 0.274 e. The highest BCUT2D eigenvalue weighted by Gasteiger charge is 2.12. The summed E-state index contributed by atoms with van der Waals surface area (Å²) in [6.45, 7) is 4.22. The van der Waals surface area contributed by atoms with Crippen molar-refractivity contribution < 1.29 is 9.53 Å². The third-order valence-electron chi connectivity index (χ3n) is 4.15. The number of halogens is 1. The zero-order chi connectivity index (χ0) is 20.1. The second kappa shape index (κ2) is 8.71. The van der Waals surface area contributed by atoms with Crippen LogP contribution in [-0.4, -0.2) is 23.0 Å². The Kier molecular flexibility index (Phi) is 6.11. The summed E-state index contributed by atoms with van der Waals surface area (Å²) >= 11 is 6.02. The van der Waals surface area contributed by atoms with Gasteiger partial charge in [0.05, 0.1) is 7.11 Å². The van der Waals surface area contributed by atoms with E-state index in [1.165, 1.54) is 0 Å². The van der Waals surface area contributed by atoms with Crippen molar-refractivity contribution in [2.75, 3.05) is 17.7 Å². The van der Waals surface area contributed by atoms with Gasteiger partial charge < -0.3 is 15.4 Å². The number of nitrogens with one attached hydrogen (secondary N) is 2. The van der Waals surface area contributed by atoms with E-state index in [1.807, 2.05) is 37.3 Å². The van der Waals surface area contributed by atoms with E-state index in [0.29, 0.717) is 28.9 Å². The van der Waals surface area contributed by atoms with Gasteiger partial charge in [0.15, 0.2) is 0 Å². The van der Waals surface area contributed by atoms with Gasteiger partial charge >= 0.3 is 0 Å². The van der Waals surface area contributed by atoms with Crippen LogP contribution in [0.4, 0.5) is 11.5 Å². The summed E-state index contributed by atoms with van der Waals surface area (Å²) in [4.78, 5) is 21.2. The molecule has 7 heteroatoms. The smallest absolute Gasteiger partial charge is 0.274 e. The minimum atomic E-state index is -0.316. The number of aromatic nitrogens is 2. The summed E-state index contributed by atoms with van der Waals surface area (Å²) in [7, 11) is 1.63. The molecule has 1 aromatic heterocycles. The van der Waals surface area contributed by atoms with Gasteiger partial charge in [0, 0.05) is 23.3 Å². The van der Waals surface area contributed by atoms with E-state index in [0.717, 1.165) is 16.9 Å². The standard InChI is InChI=1S/C21H21ClN4O2/c1-13-4-7-16(22)10-18(13)26-21(27)19-11-20(25-14(2)24-19)23-12-15-5-8-17(28-3)9-6-15/h4-11H,12H2,1-3H3,(H,26,27)(H,23,24,25).